The van der Waals surface area contributed by atoms with Crippen LogP contribution in [-0.4, -0.2) is 65.4 Å². The van der Waals surface area contributed by atoms with E-state index in [0.717, 1.165) is 0 Å². The zero-order chi connectivity index (χ0) is 27.3. The van der Waals surface area contributed by atoms with Gasteiger partial charge in [0.1, 0.15) is 18.1 Å². The van der Waals surface area contributed by atoms with Gasteiger partial charge in [0.25, 0.3) is 0 Å². The van der Waals surface area contributed by atoms with Crippen LogP contribution in [0.2, 0.25) is 0 Å². The molecule has 10 N–H and O–H groups in total. The molecule has 0 aliphatic heterocycles. The van der Waals surface area contributed by atoms with Crippen LogP contribution in [0.4, 0.5) is 0 Å². The van der Waals surface area contributed by atoms with Gasteiger partial charge in [0.15, 0.2) is 0 Å². The highest BCUT2D eigenvalue weighted by Gasteiger charge is 2.31. The van der Waals surface area contributed by atoms with Crippen LogP contribution in [0.5, 0.6) is 0 Å². The third-order valence-electron chi connectivity index (χ3n) is 5.54. The normalized spacial score (nSPS) is 14.2. The number of nitrogens with one attached hydrogen (secondary N) is 3. The van der Waals surface area contributed by atoms with E-state index in [2.05, 4.69) is 16.0 Å². The van der Waals surface area contributed by atoms with Crippen LogP contribution in [-0.2, 0) is 30.4 Å². The molecule has 4 unspecified atom stereocenters. The molecule has 4 atom stereocenters. The minimum Gasteiger partial charge on any atom is -0.480 e. The topological polar surface area (TPSA) is 220 Å². The number of aliphatic carboxylic acids is 1. The molecule has 1 aromatic carbocycles. The van der Waals surface area contributed by atoms with E-state index in [1.54, 1.807) is 44.2 Å². The molecule has 0 radical (unpaired) electrons. The van der Waals surface area contributed by atoms with Gasteiger partial charge in [-0.25, -0.2) is 4.79 Å². The molecule has 0 fully saturated rings. The van der Waals surface area contributed by atoms with E-state index in [9.17, 15) is 29.1 Å². The molecule has 200 valence electrons. The van der Waals surface area contributed by atoms with Crippen molar-refractivity contribution in [2.45, 2.75) is 70.1 Å². The first kappa shape index (κ1) is 30.5. The van der Waals surface area contributed by atoms with Crippen molar-refractivity contribution in [3.63, 3.8) is 0 Å². The van der Waals surface area contributed by atoms with Crippen LogP contribution in [0.15, 0.2) is 30.3 Å². The van der Waals surface area contributed by atoms with Gasteiger partial charge in [-0.2, -0.15) is 0 Å². The number of nitrogens with two attached hydrogens (primary N) is 3. The Morgan fingerprint density at radius 3 is 1.94 bits per heavy atom. The predicted octanol–water partition coefficient (Wildman–Crippen LogP) is -1.24. The van der Waals surface area contributed by atoms with Gasteiger partial charge >= 0.3 is 5.97 Å². The molecular formula is C24H38N6O6. The first-order valence-electron chi connectivity index (χ1n) is 11.9. The van der Waals surface area contributed by atoms with E-state index < -0.39 is 60.2 Å². The Kier molecular flexibility index (Phi) is 13.1. The fourth-order valence-electron chi connectivity index (χ4n) is 3.34. The summed E-state index contributed by atoms with van der Waals surface area (Å²) in [5.41, 5.74) is 17.3. The molecule has 36 heavy (non-hydrogen) atoms. The molecule has 4 amide bonds. The summed E-state index contributed by atoms with van der Waals surface area (Å²) in [4.78, 5) is 61.8. The predicted molar refractivity (Wildman–Crippen MR) is 133 cm³/mol. The summed E-state index contributed by atoms with van der Waals surface area (Å²) in [6.45, 7) is 3.83. The van der Waals surface area contributed by atoms with E-state index in [-0.39, 0.29) is 18.8 Å². The number of hydrogen-bond acceptors (Lipinski definition) is 7. The number of carboxylic acid groups (broad SMARTS) is 1. The fourth-order valence-corrected chi connectivity index (χ4v) is 3.34. The van der Waals surface area contributed by atoms with Crippen LogP contribution in [0.25, 0.3) is 0 Å². The molecule has 0 saturated carbocycles. The zero-order valence-corrected chi connectivity index (χ0v) is 20.7. The molecule has 0 saturated heterocycles. The Hall–Kier alpha value is -3.51. The standard InChI is InChI=1S/C24H38N6O6/c1-14(2)20(27)23(34)30-18(13-19(26)31)22(33)29-17(12-15-8-4-3-5-9-15)21(32)28-16(24(35)36)10-6-7-11-25/h3-5,8-9,14,16-18,20H,6-7,10-13,25,27H2,1-2H3,(H2,26,31)(H,28,32)(H,29,33)(H,30,34)(H,35,36). The lowest BCUT2D eigenvalue weighted by atomic mass is 10.0. The number of benzene rings is 1. The largest absolute Gasteiger partial charge is 0.480 e. The maximum absolute atomic E-state index is 13.1. The van der Waals surface area contributed by atoms with Crippen LogP contribution < -0.4 is 33.2 Å². The van der Waals surface area contributed by atoms with E-state index in [4.69, 9.17) is 17.2 Å². The maximum atomic E-state index is 13.1. The number of unbranched alkanes of at least 4 members (excludes halogenated alkanes) is 1. The first-order valence-corrected chi connectivity index (χ1v) is 11.9. The highest BCUT2D eigenvalue weighted by molar-refractivity contribution is 5.96. The van der Waals surface area contributed by atoms with E-state index >= 15 is 0 Å². The van der Waals surface area contributed by atoms with Crippen LogP contribution in [0.1, 0.15) is 45.1 Å². The molecule has 1 aromatic rings. The van der Waals surface area contributed by atoms with Crippen molar-refractivity contribution < 1.29 is 29.1 Å². The molecule has 0 bridgehead atoms. The lowest BCUT2D eigenvalue weighted by Crippen LogP contribution is -2.58. The minimum absolute atomic E-state index is 0.0380. The lowest BCUT2D eigenvalue weighted by molar-refractivity contribution is -0.142. The van der Waals surface area contributed by atoms with Gasteiger partial charge in [0.2, 0.25) is 23.6 Å². The molecule has 0 heterocycles. The van der Waals surface area contributed by atoms with Crippen molar-refractivity contribution >= 4 is 29.6 Å². The minimum atomic E-state index is -1.37. The Morgan fingerprint density at radius 1 is 0.861 bits per heavy atom. The molecule has 0 aliphatic rings. The molecular weight excluding hydrogens is 468 g/mol. The van der Waals surface area contributed by atoms with Crippen molar-refractivity contribution in [2.75, 3.05) is 6.54 Å². The van der Waals surface area contributed by atoms with Gasteiger partial charge < -0.3 is 38.3 Å². The second kappa shape index (κ2) is 15.5. The number of hydrogen-bond donors (Lipinski definition) is 7. The summed E-state index contributed by atoms with van der Waals surface area (Å²) in [6, 6.07) is 4.11. The van der Waals surface area contributed by atoms with Crippen molar-refractivity contribution in [3.05, 3.63) is 35.9 Å². The number of carbonyl (C=O) groups excluding carboxylic acids is 4. The summed E-state index contributed by atoms with van der Waals surface area (Å²) in [7, 11) is 0. The van der Waals surface area contributed by atoms with Crippen molar-refractivity contribution in [1.82, 2.24) is 16.0 Å². The number of amides is 4. The molecule has 0 aliphatic carbocycles. The quantitative estimate of drug-likeness (QED) is 0.134. The van der Waals surface area contributed by atoms with Gasteiger partial charge in [-0.05, 0) is 37.3 Å². The summed E-state index contributed by atoms with van der Waals surface area (Å²) in [5, 5.41) is 16.9. The number of primary amides is 1. The van der Waals surface area contributed by atoms with Crippen LogP contribution in [0, 0.1) is 5.92 Å². The van der Waals surface area contributed by atoms with Crippen molar-refractivity contribution in [2.24, 2.45) is 23.1 Å². The van der Waals surface area contributed by atoms with E-state index in [1.807, 2.05) is 0 Å². The summed E-state index contributed by atoms with van der Waals surface area (Å²) < 4.78 is 0. The highest BCUT2D eigenvalue weighted by atomic mass is 16.4. The van der Waals surface area contributed by atoms with E-state index in [0.29, 0.717) is 24.9 Å². The lowest BCUT2D eigenvalue weighted by Gasteiger charge is -2.25. The van der Waals surface area contributed by atoms with Gasteiger partial charge in [0, 0.05) is 6.42 Å². The summed E-state index contributed by atoms with van der Waals surface area (Å²) >= 11 is 0. The fraction of sp³-hybridized carbons (Fsp3) is 0.542. The zero-order valence-electron chi connectivity index (χ0n) is 20.7. The maximum Gasteiger partial charge on any atom is 0.326 e. The van der Waals surface area contributed by atoms with Gasteiger partial charge in [-0.3, -0.25) is 19.2 Å². The van der Waals surface area contributed by atoms with Gasteiger partial charge in [0.05, 0.1) is 12.5 Å². The molecule has 0 aromatic heterocycles. The van der Waals surface area contributed by atoms with E-state index in [1.165, 1.54) is 0 Å². The Labute approximate surface area is 210 Å². The van der Waals surface area contributed by atoms with Gasteiger partial charge in [-0.15, -0.1) is 0 Å². The monoisotopic (exact) mass is 506 g/mol. The smallest absolute Gasteiger partial charge is 0.326 e. The van der Waals surface area contributed by atoms with Crippen LogP contribution >= 0.6 is 0 Å². The summed E-state index contributed by atoms with van der Waals surface area (Å²) in [5.74, 6) is -4.50. The number of rotatable bonds is 16. The molecule has 12 nitrogen and oxygen atoms in total. The van der Waals surface area contributed by atoms with Crippen molar-refractivity contribution in [1.29, 1.82) is 0 Å². The highest BCUT2D eigenvalue weighted by Crippen LogP contribution is 2.08. The summed E-state index contributed by atoms with van der Waals surface area (Å²) in [6.07, 6.45) is 0.774. The average molecular weight is 507 g/mol. The Morgan fingerprint density at radius 2 is 1.42 bits per heavy atom. The number of carbonyl (C=O) groups is 5. The van der Waals surface area contributed by atoms with Crippen LogP contribution in [0.3, 0.4) is 0 Å². The molecule has 0 spiro atoms. The Bertz CT molecular complexity index is 894. The molecule has 1 rings (SSSR count). The third kappa shape index (κ3) is 10.8. The first-order chi connectivity index (χ1) is 17.0. The number of carboxylic acids is 1. The average Bonchev–Trinajstić information content (AvgIpc) is 2.82. The van der Waals surface area contributed by atoms with Gasteiger partial charge in [-0.1, -0.05) is 44.2 Å². The van der Waals surface area contributed by atoms with Crippen molar-refractivity contribution in [3.8, 4) is 0 Å². The third-order valence-corrected chi connectivity index (χ3v) is 5.54. The molecule has 12 heteroatoms. The second-order valence-corrected chi connectivity index (χ2v) is 8.94. The Balaban J connectivity index is 3.11. The SMILES string of the molecule is CC(C)C(N)C(=O)NC(CC(N)=O)C(=O)NC(Cc1ccccc1)C(=O)NC(CCCCN)C(=O)O. The second-order valence-electron chi connectivity index (χ2n) is 8.94.